The zero-order chi connectivity index (χ0) is 11.1. The zero-order valence-corrected chi connectivity index (χ0v) is 10.0. The molecule has 1 fully saturated rings. The third-order valence-corrected chi connectivity index (χ3v) is 3.67. The van der Waals surface area contributed by atoms with Gasteiger partial charge < -0.3 is 0 Å². The van der Waals surface area contributed by atoms with Crippen LogP contribution in [-0.2, 0) is 4.79 Å². The van der Waals surface area contributed by atoms with Gasteiger partial charge in [-0.25, -0.2) is 0 Å². The van der Waals surface area contributed by atoms with Crippen LogP contribution in [0.5, 0.6) is 0 Å². The Labute approximate surface area is 93.9 Å². The second-order valence-corrected chi connectivity index (χ2v) is 4.82. The molecule has 15 heavy (non-hydrogen) atoms. The van der Waals surface area contributed by atoms with E-state index in [0.29, 0.717) is 5.92 Å². The van der Waals surface area contributed by atoms with Crippen molar-refractivity contribution in [3.05, 3.63) is 12.7 Å². The van der Waals surface area contributed by atoms with Crippen molar-refractivity contribution in [1.29, 1.82) is 0 Å². The van der Waals surface area contributed by atoms with Crippen LogP contribution in [0.25, 0.3) is 0 Å². The smallest absolute Gasteiger partial charge is 0.158 e. The monoisotopic (exact) mass is 208 g/mol. The summed E-state index contributed by atoms with van der Waals surface area (Å²) in [5.74, 6) is 1.46. The fourth-order valence-corrected chi connectivity index (χ4v) is 2.59. The molecule has 0 aromatic heterocycles. The molecule has 0 amide bonds. The molecule has 0 spiro atoms. The molecule has 86 valence electrons. The maximum atomic E-state index is 11.4. The average Bonchev–Trinajstić information content (AvgIpc) is 2.29. The van der Waals surface area contributed by atoms with Gasteiger partial charge in [0.2, 0.25) is 0 Å². The van der Waals surface area contributed by atoms with Gasteiger partial charge in [-0.2, -0.15) is 0 Å². The Balaban J connectivity index is 2.18. The van der Waals surface area contributed by atoms with Crippen LogP contribution in [0.15, 0.2) is 12.7 Å². The second kappa shape index (κ2) is 6.81. The molecule has 1 aliphatic carbocycles. The number of rotatable bonds is 6. The first-order valence-electron chi connectivity index (χ1n) is 6.44. The zero-order valence-electron chi connectivity index (χ0n) is 10.0. The minimum atomic E-state index is 0.266. The van der Waals surface area contributed by atoms with Crippen molar-refractivity contribution < 1.29 is 4.79 Å². The van der Waals surface area contributed by atoms with Crippen LogP contribution < -0.4 is 0 Å². The van der Waals surface area contributed by atoms with Crippen molar-refractivity contribution >= 4 is 5.78 Å². The van der Waals surface area contributed by atoms with Crippen LogP contribution in [0.1, 0.15) is 58.3 Å². The Morgan fingerprint density at radius 1 is 1.27 bits per heavy atom. The predicted molar refractivity (Wildman–Crippen MR) is 64.8 cm³/mol. The molecule has 0 atom stereocenters. The summed E-state index contributed by atoms with van der Waals surface area (Å²) in [6, 6.07) is 0. The van der Waals surface area contributed by atoms with E-state index in [1.807, 2.05) is 0 Å². The lowest BCUT2D eigenvalue weighted by Crippen LogP contribution is -2.20. The number of hydrogen-bond acceptors (Lipinski definition) is 1. The average molecular weight is 208 g/mol. The van der Waals surface area contributed by atoms with Crippen molar-refractivity contribution in [3.63, 3.8) is 0 Å². The fraction of sp³-hybridized carbons (Fsp3) is 0.786. The quantitative estimate of drug-likeness (QED) is 0.474. The molecule has 1 saturated carbocycles. The highest BCUT2D eigenvalue weighted by Gasteiger charge is 2.24. The molecule has 1 aliphatic rings. The van der Waals surface area contributed by atoms with E-state index in [-0.39, 0.29) is 5.78 Å². The molecule has 0 N–H and O–H groups in total. The Hall–Kier alpha value is -0.590. The molecular weight excluding hydrogens is 184 g/mol. The molecule has 0 aromatic carbocycles. The van der Waals surface area contributed by atoms with Crippen LogP contribution in [0.3, 0.4) is 0 Å². The number of carbonyl (C=O) groups excluding carboxylic acids is 1. The van der Waals surface area contributed by atoms with Crippen LogP contribution >= 0.6 is 0 Å². The summed E-state index contributed by atoms with van der Waals surface area (Å²) in [5, 5.41) is 0. The molecule has 1 rings (SSSR count). The van der Waals surface area contributed by atoms with Gasteiger partial charge in [-0.3, -0.25) is 4.79 Å². The maximum Gasteiger partial charge on any atom is 0.158 e. The predicted octanol–water partition coefficient (Wildman–Crippen LogP) is 4.13. The van der Waals surface area contributed by atoms with E-state index in [0.717, 1.165) is 18.8 Å². The lowest BCUT2D eigenvalue weighted by Gasteiger charge is -2.26. The first-order chi connectivity index (χ1) is 7.27. The van der Waals surface area contributed by atoms with Gasteiger partial charge in [0.1, 0.15) is 0 Å². The standard InChI is InChI=1S/C14H24O/c1-3-5-6-7-12-8-10-13(11-9-12)14(15)4-2/h4,12-13H,2-3,5-11H2,1H3/t12-,13-. The normalized spacial score (nSPS) is 26.2. The summed E-state index contributed by atoms with van der Waals surface area (Å²) in [4.78, 5) is 11.4. The van der Waals surface area contributed by atoms with Gasteiger partial charge in [0.15, 0.2) is 5.78 Å². The van der Waals surface area contributed by atoms with Gasteiger partial charge in [0.25, 0.3) is 0 Å². The van der Waals surface area contributed by atoms with Crippen LogP contribution in [0.2, 0.25) is 0 Å². The van der Waals surface area contributed by atoms with Crippen molar-refractivity contribution in [3.8, 4) is 0 Å². The summed E-state index contributed by atoms with van der Waals surface area (Å²) in [7, 11) is 0. The Bertz CT molecular complexity index is 199. The highest BCUT2D eigenvalue weighted by Crippen LogP contribution is 2.32. The Kier molecular flexibility index (Phi) is 5.67. The highest BCUT2D eigenvalue weighted by atomic mass is 16.1. The van der Waals surface area contributed by atoms with E-state index in [4.69, 9.17) is 0 Å². The molecule has 0 heterocycles. The first kappa shape index (κ1) is 12.5. The largest absolute Gasteiger partial charge is 0.295 e. The highest BCUT2D eigenvalue weighted by molar-refractivity contribution is 5.91. The molecular formula is C14H24O. The van der Waals surface area contributed by atoms with Crippen LogP contribution in [0.4, 0.5) is 0 Å². The van der Waals surface area contributed by atoms with Crippen molar-refractivity contribution in [2.45, 2.75) is 58.3 Å². The maximum absolute atomic E-state index is 11.4. The summed E-state index contributed by atoms with van der Waals surface area (Å²) in [6.45, 7) is 5.82. The fourth-order valence-electron chi connectivity index (χ4n) is 2.59. The number of carbonyl (C=O) groups is 1. The third-order valence-electron chi connectivity index (χ3n) is 3.67. The number of unbranched alkanes of at least 4 members (excludes halogenated alkanes) is 2. The van der Waals surface area contributed by atoms with E-state index < -0.39 is 0 Å². The summed E-state index contributed by atoms with van der Waals surface area (Å²) in [6.07, 6.45) is 11.6. The topological polar surface area (TPSA) is 17.1 Å². The van der Waals surface area contributed by atoms with E-state index in [9.17, 15) is 4.79 Å². The Morgan fingerprint density at radius 2 is 1.93 bits per heavy atom. The van der Waals surface area contributed by atoms with E-state index in [1.54, 1.807) is 0 Å². The van der Waals surface area contributed by atoms with Gasteiger partial charge in [-0.1, -0.05) is 39.2 Å². The van der Waals surface area contributed by atoms with Gasteiger partial charge >= 0.3 is 0 Å². The van der Waals surface area contributed by atoms with E-state index in [1.165, 1.54) is 44.6 Å². The molecule has 0 aromatic rings. The minimum absolute atomic E-state index is 0.266. The summed E-state index contributed by atoms with van der Waals surface area (Å²) >= 11 is 0. The number of hydrogen-bond donors (Lipinski definition) is 0. The lowest BCUT2D eigenvalue weighted by atomic mass is 9.78. The SMILES string of the molecule is C=CC(=O)[C@H]1CC[C@H](CCCCC)CC1. The van der Waals surface area contributed by atoms with Crippen LogP contribution in [-0.4, -0.2) is 5.78 Å². The lowest BCUT2D eigenvalue weighted by molar-refractivity contribution is -0.119. The second-order valence-electron chi connectivity index (χ2n) is 4.82. The molecule has 1 nitrogen and oxygen atoms in total. The number of ketones is 1. The van der Waals surface area contributed by atoms with Gasteiger partial charge in [-0.05, 0) is 37.7 Å². The van der Waals surface area contributed by atoms with Crippen molar-refractivity contribution in [1.82, 2.24) is 0 Å². The van der Waals surface area contributed by atoms with Crippen molar-refractivity contribution in [2.75, 3.05) is 0 Å². The van der Waals surface area contributed by atoms with Gasteiger partial charge in [0, 0.05) is 5.92 Å². The molecule has 0 saturated heterocycles. The summed E-state index contributed by atoms with van der Waals surface area (Å²) < 4.78 is 0. The Morgan fingerprint density at radius 3 is 2.47 bits per heavy atom. The van der Waals surface area contributed by atoms with Crippen molar-refractivity contribution in [2.24, 2.45) is 11.8 Å². The van der Waals surface area contributed by atoms with Gasteiger partial charge in [-0.15, -0.1) is 0 Å². The summed E-state index contributed by atoms with van der Waals surface area (Å²) in [5.41, 5.74) is 0. The molecule has 0 aliphatic heterocycles. The molecule has 0 radical (unpaired) electrons. The molecule has 1 heteroatoms. The van der Waals surface area contributed by atoms with E-state index in [2.05, 4.69) is 13.5 Å². The van der Waals surface area contributed by atoms with Gasteiger partial charge in [0.05, 0.1) is 0 Å². The minimum Gasteiger partial charge on any atom is -0.295 e. The number of allylic oxidation sites excluding steroid dienone is 1. The third kappa shape index (κ3) is 4.19. The first-order valence-corrected chi connectivity index (χ1v) is 6.44. The molecule has 0 unspecified atom stereocenters. The molecule has 0 bridgehead atoms. The van der Waals surface area contributed by atoms with Crippen LogP contribution in [0, 0.1) is 11.8 Å². The van der Waals surface area contributed by atoms with E-state index >= 15 is 0 Å².